The molecule has 0 bridgehead atoms. The molecule has 4 rings (SSSR count). The lowest BCUT2D eigenvalue weighted by molar-refractivity contribution is -0.113. The lowest BCUT2D eigenvalue weighted by atomic mass is 10.2. The first kappa shape index (κ1) is 22.3. The number of nitrogens with one attached hydrogen (secondary N) is 1. The van der Waals surface area contributed by atoms with Gasteiger partial charge in [-0.15, -0.1) is 0 Å². The number of aromatic nitrogens is 2. The predicted molar refractivity (Wildman–Crippen MR) is 123 cm³/mol. The lowest BCUT2D eigenvalue weighted by Crippen LogP contribution is -2.23. The largest absolute Gasteiger partial charge is 0.323 e. The van der Waals surface area contributed by atoms with E-state index in [0.29, 0.717) is 16.6 Å². The summed E-state index contributed by atoms with van der Waals surface area (Å²) in [6.45, 7) is 0. The number of amides is 1. The van der Waals surface area contributed by atoms with E-state index in [1.165, 1.54) is 28.8 Å². The van der Waals surface area contributed by atoms with Crippen LogP contribution in [-0.2, 0) is 4.79 Å². The molecule has 0 saturated carbocycles. The fourth-order valence-electron chi connectivity index (χ4n) is 2.97. The Balaban J connectivity index is 1.68. The highest BCUT2D eigenvalue weighted by Gasteiger charge is 2.16. The maximum atomic E-state index is 14.0. The highest BCUT2D eigenvalue weighted by atomic mass is 35.5. The number of para-hydroxylation sites is 1. The fraction of sp³-hybridized carbons (Fsp3) is 0.0455. The van der Waals surface area contributed by atoms with Crippen LogP contribution >= 0.6 is 35.0 Å². The second-order valence-corrected chi connectivity index (χ2v) is 8.40. The van der Waals surface area contributed by atoms with Gasteiger partial charge in [-0.05, 0) is 48.5 Å². The summed E-state index contributed by atoms with van der Waals surface area (Å²) < 4.78 is 28.9. The molecule has 0 saturated heterocycles. The number of anilines is 1. The summed E-state index contributed by atoms with van der Waals surface area (Å²) in [6.07, 6.45) is 0. The molecular formula is C22H13Cl2F2N3O2S. The zero-order valence-electron chi connectivity index (χ0n) is 16.1. The minimum atomic E-state index is -0.669. The summed E-state index contributed by atoms with van der Waals surface area (Å²) in [6, 6.07) is 14.5. The molecule has 1 aromatic heterocycles. The van der Waals surface area contributed by atoms with Crippen molar-refractivity contribution in [2.24, 2.45) is 0 Å². The van der Waals surface area contributed by atoms with Crippen molar-refractivity contribution in [1.82, 2.24) is 9.55 Å². The van der Waals surface area contributed by atoms with Gasteiger partial charge >= 0.3 is 0 Å². The second-order valence-electron chi connectivity index (χ2n) is 6.61. The van der Waals surface area contributed by atoms with Gasteiger partial charge in [0.05, 0.1) is 33.1 Å². The van der Waals surface area contributed by atoms with E-state index in [2.05, 4.69) is 10.3 Å². The van der Waals surface area contributed by atoms with Crippen molar-refractivity contribution in [3.8, 4) is 5.69 Å². The zero-order valence-corrected chi connectivity index (χ0v) is 18.4. The van der Waals surface area contributed by atoms with Gasteiger partial charge in [-0.25, -0.2) is 13.8 Å². The van der Waals surface area contributed by atoms with Crippen molar-refractivity contribution in [2.45, 2.75) is 5.16 Å². The molecule has 0 aliphatic heterocycles. The molecule has 0 spiro atoms. The van der Waals surface area contributed by atoms with Crippen LogP contribution < -0.4 is 10.9 Å². The van der Waals surface area contributed by atoms with Gasteiger partial charge in [-0.3, -0.25) is 14.2 Å². The number of carbonyl (C=O) groups excluding carboxylic acids is 1. The number of thioether (sulfide) groups is 1. The quantitative estimate of drug-likeness (QED) is 0.287. The first-order valence-electron chi connectivity index (χ1n) is 9.18. The van der Waals surface area contributed by atoms with Crippen LogP contribution in [-0.4, -0.2) is 21.2 Å². The van der Waals surface area contributed by atoms with Crippen LogP contribution in [0.25, 0.3) is 16.6 Å². The molecule has 0 aliphatic rings. The van der Waals surface area contributed by atoms with Crippen LogP contribution in [0.5, 0.6) is 0 Å². The van der Waals surface area contributed by atoms with Gasteiger partial charge in [0.1, 0.15) is 11.6 Å². The molecule has 1 N–H and O–H groups in total. The molecule has 1 heterocycles. The minimum absolute atomic E-state index is 0.0193. The summed E-state index contributed by atoms with van der Waals surface area (Å²) in [5.74, 6) is -1.97. The fourth-order valence-corrected chi connectivity index (χ4v) is 4.11. The van der Waals surface area contributed by atoms with E-state index in [0.717, 1.165) is 23.9 Å². The van der Waals surface area contributed by atoms with Crippen molar-refractivity contribution >= 4 is 57.5 Å². The first-order chi connectivity index (χ1) is 15.3. The standard InChI is InChI=1S/C22H13Cl2F2N3O2S/c23-12-5-8-19(17(26)9-12)27-20(30)11-32-22-28-18-4-2-1-3-14(18)21(31)29(22)13-6-7-16(25)15(24)10-13/h1-10H,11H2,(H,27,30). The Morgan fingerprint density at radius 1 is 1.03 bits per heavy atom. The Labute approximate surface area is 195 Å². The molecule has 4 aromatic rings. The molecule has 0 radical (unpaired) electrons. The predicted octanol–water partition coefficient (Wildman–Crippen LogP) is 5.70. The van der Waals surface area contributed by atoms with Crippen LogP contribution in [0.4, 0.5) is 14.5 Å². The zero-order chi connectivity index (χ0) is 22.8. The van der Waals surface area contributed by atoms with E-state index >= 15 is 0 Å². The van der Waals surface area contributed by atoms with Crippen molar-refractivity contribution in [1.29, 1.82) is 0 Å². The van der Waals surface area contributed by atoms with Crippen molar-refractivity contribution in [3.05, 3.63) is 92.7 Å². The number of hydrogen-bond acceptors (Lipinski definition) is 4. The van der Waals surface area contributed by atoms with Crippen molar-refractivity contribution in [2.75, 3.05) is 11.1 Å². The Kier molecular flexibility index (Phi) is 6.45. The number of carbonyl (C=O) groups is 1. The molecule has 32 heavy (non-hydrogen) atoms. The molecule has 0 aliphatic carbocycles. The van der Waals surface area contributed by atoms with Gasteiger partial charge in [0, 0.05) is 5.02 Å². The molecule has 162 valence electrons. The van der Waals surface area contributed by atoms with E-state index in [4.69, 9.17) is 23.2 Å². The van der Waals surface area contributed by atoms with E-state index in [-0.39, 0.29) is 26.6 Å². The molecular weight excluding hydrogens is 479 g/mol. The van der Waals surface area contributed by atoms with E-state index in [1.807, 2.05) is 0 Å². The molecule has 0 fully saturated rings. The van der Waals surface area contributed by atoms with Crippen LogP contribution in [0.1, 0.15) is 0 Å². The highest BCUT2D eigenvalue weighted by Crippen LogP contribution is 2.25. The molecule has 3 aromatic carbocycles. The Bertz CT molecular complexity index is 1410. The minimum Gasteiger partial charge on any atom is -0.323 e. The first-order valence-corrected chi connectivity index (χ1v) is 10.9. The summed E-state index contributed by atoms with van der Waals surface area (Å²) >= 11 is 12.6. The number of fused-ring (bicyclic) bond motifs is 1. The molecule has 5 nitrogen and oxygen atoms in total. The molecule has 10 heteroatoms. The number of rotatable bonds is 5. The number of hydrogen-bond donors (Lipinski definition) is 1. The topological polar surface area (TPSA) is 64.0 Å². The maximum absolute atomic E-state index is 14.0. The maximum Gasteiger partial charge on any atom is 0.266 e. The third-order valence-corrected chi connectivity index (χ3v) is 5.91. The monoisotopic (exact) mass is 491 g/mol. The Morgan fingerprint density at radius 3 is 2.56 bits per heavy atom. The van der Waals surface area contributed by atoms with Crippen LogP contribution in [0, 0.1) is 11.6 Å². The summed E-state index contributed by atoms with van der Waals surface area (Å²) in [4.78, 5) is 30.1. The van der Waals surface area contributed by atoms with Crippen LogP contribution in [0.15, 0.2) is 70.6 Å². The van der Waals surface area contributed by atoms with Crippen LogP contribution in [0.3, 0.4) is 0 Å². The average Bonchev–Trinajstić information content (AvgIpc) is 2.76. The van der Waals surface area contributed by atoms with Gasteiger partial charge in [-0.1, -0.05) is 47.1 Å². The SMILES string of the molecule is O=C(CSc1nc2ccccc2c(=O)n1-c1ccc(F)c(Cl)c1)Nc1ccc(Cl)cc1F. The van der Waals surface area contributed by atoms with E-state index in [1.54, 1.807) is 24.3 Å². The number of benzene rings is 3. The molecule has 1 amide bonds. The molecule has 0 unspecified atom stereocenters. The third kappa shape index (κ3) is 4.62. The average molecular weight is 492 g/mol. The second kappa shape index (κ2) is 9.28. The summed E-state index contributed by atoms with van der Waals surface area (Å²) in [5.41, 5.74) is 0.319. The highest BCUT2D eigenvalue weighted by molar-refractivity contribution is 7.99. The summed E-state index contributed by atoms with van der Waals surface area (Å²) in [5, 5.41) is 3.05. The normalized spacial score (nSPS) is 11.0. The number of nitrogens with zero attached hydrogens (tertiary/aromatic N) is 2. The number of halogens is 4. The van der Waals surface area contributed by atoms with Gasteiger partial charge in [0.2, 0.25) is 5.91 Å². The van der Waals surface area contributed by atoms with E-state index in [9.17, 15) is 18.4 Å². The molecule has 0 atom stereocenters. The Hall–Kier alpha value is -2.94. The van der Waals surface area contributed by atoms with E-state index < -0.39 is 23.1 Å². The lowest BCUT2D eigenvalue weighted by Gasteiger charge is -2.14. The Morgan fingerprint density at radius 2 is 1.81 bits per heavy atom. The van der Waals surface area contributed by atoms with Crippen molar-refractivity contribution < 1.29 is 13.6 Å². The summed E-state index contributed by atoms with van der Waals surface area (Å²) in [7, 11) is 0. The third-order valence-electron chi connectivity index (χ3n) is 4.44. The van der Waals surface area contributed by atoms with Crippen LogP contribution in [0.2, 0.25) is 10.0 Å². The van der Waals surface area contributed by atoms with Crippen molar-refractivity contribution in [3.63, 3.8) is 0 Å². The van der Waals surface area contributed by atoms with Gasteiger partial charge in [-0.2, -0.15) is 0 Å². The van der Waals surface area contributed by atoms with Gasteiger partial charge in [0.25, 0.3) is 5.56 Å². The van der Waals surface area contributed by atoms with Gasteiger partial charge < -0.3 is 5.32 Å². The smallest absolute Gasteiger partial charge is 0.266 e. The van der Waals surface area contributed by atoms with Gasteiger partial charge in [0.15, 0.2) is 5.16 Å².